The molecule has 1 aromatic rings. The van der Waals surface area contributed by atoms with Crippen molar-refractivity contribution in [1.82, 2.24) is 0 Å². The molecule has 0 spiro atoms. The van der Waals surface area contributed by atoms with E-state index < -0.39 is 0 Å². The van der Waals surface area contributed by atoms with E-state index in [9.17, 15) is 4.79 Å². The van der Waals surface area contributed by atoms with Crippen molar-refractivity contribution in [2.24, 2.45) is 5.92 Å². The fraction of sp³-hybridized carbons (Fsp3) is 0.500. The average molecular weight is 328 g/mol. The van der Waals surface area contributed by atoms with Gasteiger partial charge in [0.25, 0.3) is 0 Å². The fourth-order valence-electron chi connectivity index (χ4n) is 2.54. The number of anilines is 1. The molecule has 0 fully saturated rings. The number of nitrogens with one attached hydrogen (secondary N) is 1. The van der Waals surface area contributed by atoms with Crippen molar-refractivity contribution in [2.45, 2.75) is 38.0 Å². The van der Waals surface area contributed by atoms with Gasteiger partial charge in [0.15, 0.2) is 0 Å². The van der Waals surface area contributed by atoms with E-state index in [1.807, 2.05) is 6.07 Å². The number of halogens is 1. The van der Waals surface area contributed by atoms with E-state index in [2.05, 4.69) is 40.3 Å². The van der Waals surface area contributed by atoms with Gasteiger partial charge in [0.1, 0.15) is 5.78 Å². The number of hydrogen-bond donors (Lipinski definition) is 2. The third kappa shape index (κ3) is 2.91. The fourth-order valence-corrected chi connectivity index (χ4v) is 3.54. The highest BCUT2D eigenvalue weighted by atomic mass is 79.9. The highest BCUT2D eigenvalue weighted by Crippen LogP contribution is 2.43. The summed E-state index contributed by atoms with van der Waals surface area (Å²) in [5.41, 5.74) is 2.38. The molecule has 1 N–H and O–H groups in total. The first kappa shape index (κ1) is 13.9. The van der Waals surface area contributed by atoms with Gasteiger partial charge in [-0.3, -0.25) is 0 Å². The van der Waals surface area contributed by atoms with Crippen molar-refractivity contribution >= 4 is 40.0 Å². The second kappa shape index (κ2) is 5.66. The van der Waals surface area contributed by atoms with Crippen molar-refractivity contribution < 1.29 is 4.79 Å². The van der Waals surface area contributed by atoms with Crippen molar-refractivity contribution in [3.05, 3.63) is 28.2 Å². The van der Waals surface area contributed by atoms with Gasteiger partial charge in [-0.05, 0) is 49.9 Å². The summed E-state index contributed by atoms with van der Waals surface area (Å²) in [7, 11) is 0. The van der Waals surface area contributed by atoms with Crippen LogP contribution in [0.5, 0.6) is 0 Å². The lowest BCUT2D eigenvalue weighted by atomic mass is 9.84. The minimum Gasteiger partial charge on any atom is -0.382 e. The normalized spacial score (nSPS) is 26.3. The van der Waals surface area contributed by atoms with Crippen molar-refractivity contribution in [1.29, 1.82) is 0 Å². The summed E-state index contributed by atoms with van der Waals surface area (Å²) < 4.78 is 1.07. The van der Waals surface area contributed by atoms with Crippen molar-refractivity contribution in [3.63, 3.8) is 0 Å². The van der Waals surface area contributed by atoms with E-state index in [1.165, 1.54) is 5.56 Å². The Morgan fingerprint density at radius 2 is 2.22 bits per heavy atom. The van der Waals surface area contributed by atoms with Crippen LogP contribution in [0.2, 0.25) is 0 Å². The summed E-state index contributed by atoms with van der Waals surface area (Å²) in [6.07, 6.45) is 1.53. The molecule has 4 heteroatoms. The molecule has 1 heterocycles. The lowest BCUT2D eigenvalue weighted by Gasteiger charge is -2.37. The Labute approximate surface area is 122 Å². The molecule has 0 saturated heterocycles. The van der Waals surface area contributed by atoms with Crippen LogP contribution in [-0.4, -0.2) is 11.8 Å². The molecule has 0 bridgehead atoms. The van der Waals surface area contributed by atoms with E-state index in [0.29, 0.717) is 18.4 Å². The maximum absolute atomic E-state index is 11.1. The number of ketones is 1. The number of fused-ring (bicyclic) bond motifs is 1. The lowest BCUT2D eigenvalue weighted by Crippen LogP contribution is -2.34. The van der Waals surface area contributed by atoms with Crippen molar-refractivity contribution in [3.8, 4) is 0 Å². The first-order valence-electron chi connectivity index (χ1n) is 6.22. The first-order valence-corrected chi connectivity index (χ1v) is 7.53. The summed E-state index contributed by atoms with van der Waals surface area (Å²) >= 11 is 8.27. The number of carbonyl (C=O) groups is 1. The number of carbonyl (C=O) groups excluding carboxylic acids is 1. The predicted octanol–water partition coefficient (Wildman–Crippen LogP) is 4.22. The van der Waals surface area contributed by atoms with Gasteiger partial charge < -0.3 is 10.1 Å². The van der Waals surface area contributed by atoms with Crippen molar-refractivity contribution in [2.75, 3.05) is 5.32 Å². The van der Waals surface area contributed by atoms with Crippen LogP contribution in [0.25, 0.3) is 0 Å². The summed E-state index contributed by atoms with van der Waals surface area (Å²) in [5, 5.41) is 3.70. The molecule has 2 nitrogen and oxygen atoms in total. The molecule has 0 radical (unpaired) electrons. The van der Waals surface area contributed by atoms with Crippen LogP contribution < -0.4 is 5.32 Å². The zero-order valence-corrected chi connectivity index (χ0v) is 13.1. The first-order chi connectivity index (χ1) is 8.49. The molecule has 2 rings (SSSR count). The Balaban J connectivity index is 2.23. The van der Waals surface area contributed by atoms with E-state index in [0.717, 1.165) is 16.6 Å². The molecule has 0 saturated carbocycles. The third-order valence-corrected chi connectivity index (χ3v) is 4.75. The average Bonchev–Trinajstić information content (AvgIpc) is 2.30. The largest absolute Gasteiger partial charge is 0.382 e. The number of hydrogen-bond acceptors (Lipinski definition) is 3. The molecular formula is C14H18BrNOS. The van der Waals surface area contributed by atoms with Gasteiger partial charge >= 0.3 is 0 Å². The van der Waals surface area contributed by atoms with Gasteiger partial charge in [-0.2, -0.15) is 12.6 Å². The maximum Gasteiger partial charge on any atom is 0.129 e. The van der Waals surface area contributed by atoms with Gasteiger partial charge in [-0.1, -0.05) is 15.9 Å². The van der Waals surface area contributed by atoms with Gasteiger partial charge in [0.05, 0.1) is 0 Å². The monoisotopic (exact) mass is 327 g/mol. The minimum atomic E-state index is 0.188. The van der Waals surface area contributed by atoms with Gasteiger partial charge in [-0.25, -0.2) is 0 Å². The number of rotatable bonds is 3. The number of thiol groups is 1. The van der Waals surface area contributed by atoms with Crippen LogP contribution in [0.4, 0.5) is 5.69 Å². The Kier molecular flexibility index (Phi) is 4.38. The summed E-state index contributed by atoms with van der Waals surface area (Å²) in [4.78, 5) is 11.1. The maximum atomic E-state index is 11.1. The van der Waals surface area contributed by atoms with E-state index in [1.54, 1.807) is 6.92 Å². The highest BCUT2D eigenvalue weighted by Gasteiger charge is 2.32. The van der Waals surface area contributed by atoms with Gasteiger partial charge in [0, 0.05) is 27.9 Å². The SMILES string of the molecule is CC(=O)CCC1C(C)Nc2ccc(Br)cc2C1S. The predicted molar refractivity (Wildman–Crippen MR) is 82.4 cm³/mol. The van der Waals surface area contributed by atoms with E-state index in [4.69, 9.17) is 12.6 Å². The van der Waals surface area contributed by atoms with Gasteiger partial charge in [0.2, 0.25) is 0 Å². The molecule has 0 amide bonds. The van der Waals surface area contributed by atoms with Crippen LogP contribution >= 0.6 is 28.6 Å². The van der Waals surface area contributed by atoms with E-state index >= 15 is 0 Å². The molecule has 98 valence electrons. The van der Waals surface area contributed by atoms with Crippen LogP contribution in [-0.2, 0) is 4.79 Å². The number of benzene rings is 1. The zero-order chi connectivity index (χ0) is 13.3. The van der Waals surface area contributed by atoms with Crippen LogP contribution in [0, 0.1) is 5.92 Å². The van der Waals surface area contributed by atoms with Crippen LogP contribution in [0.15, 0.2) is 22.7 Å². The van der Waals surface area contributed by atoms with Crippen LogP contribution in [0.1, 0.15) is 37.5 Å². The Bertz CT molecular complexity index is 463. The standard InChI is InChI=1S/C14H18BrNOS/c1-8(17)3-5-11-9(2)16-13-6-4-10(15)7-12(13)14(11)18/h4,6-7,9,11,14,16,18H,3,5H2,1-2H3. The molecule has 0 aliphatic carbocycles. The molecule has 1 aliphatic rings. The topological polar surface area (TPSA) is 29.1 Å². The summed E-state index contributed by atoms with van der Waals surface area (Å²) in [6, 6.07) is 6.59. The summed E-state index contributed by atoms with van der Waals surface area (Å²) in [6.45, 7) is 3.82. The quantitative estimate of drug-likeness (QED) is 0.814. The molecule has 3 unspecified atom stereocenters. The Morgan fingerprint density at radius 3 is 2.89 bits per heavy atom. The second-order valence-corrected chi connectivity index (χ2v) is 6.49. The highest BCUT2D eigenvalue weighted by molar-refractivity contribution is 9.10. The van der Waals surface area contributed by atoms with Gasteiger partial charge in [-0.15, -0.1) is 0 Å². The Hall–Kier alpha value is -0.480. The minimum absolute atomic E-state index is 0.188. The smallest absolute Gasteiger partial charge is 0.129 e. The molecule has 1 aromatic carbocycles. The second-order valence-electron chi connectivity index (χ2n) is 5.01. The zero-order valence-electron chi connectivity index (χ0n) is 10.6. The molecular weight excluding hydrogens is 310 g/mol. The molecule has 1 aliphatic heterocycles. The number of Topliss-reactive ketones (excluding diaryl/α,β-unsaturated/α-hetero) is 1. The lowest BCUT2D eigenvalue weighted by molar-refractivity contribution is -0.117. The molecule has 0 aromatic heterocycles. The van der Waals surface area contributed by atoms with E-state index in [-0.39, 0.29) is 11.0 Å². The molecule has 18 heavy (non-hydrogen) atoms. The third-order valence-electron chi connectivity index (χ3n) is 3.59. The Morgan fingerprint density at radius 1 is 1.50 bits per heavy atom. The molecule has 3 atom stereocenters. The summed E-state index contributed by atoms with van der Waals surface area (Å²) in [5.74, 6) is 0.641. The van der Waals surface area contributed by atoms with Crippen LogP contribution in [0.3, 0.4) is 0 Å².